The number of carboxylic acid groups (broad SMARTS) is 1. The second-order valence-electron chi connectivity index (χ2n) is 4.53. The first-order chi connectivity index (χ1) is 7.83. The molecule has 1 fully saturated rings. The molecule has 1 aliphatic heterocycles. The second kappa shape index (κ2) is 5.79. The molecular weight excluding hydrogens is 246 g/mol. The van der Waals surface area contributed by atoms with Crippen molar-refractivity contribution in [2.24, 2.45) is 11.8 Å². The Hall–Kier alpha value is -0.660. The highest BCUT2D eigenvalue weighted by molar-refractivity contribution is 7.89. The van der Waals surface area contributed by atoms with Gasteiger partial charge in [0.2, 0.25) is 10.0 Å². The minimum atomic E-state index is -3.38. The summed E-state index contributed by atoms with van der Waals surface area (Å²) in [5, 5.41) is 8.74. The van der Waals surface area contributed by atoms with Crippen molar-refractivity contribution in [2.75, 3.05) is 32.6 Å². The van der Waals surface area contributed by atoms with Crippen LogP contribution in [0, 0.1) is 11.8 Å². The third kappa shape index (κ3) is 4.25. The van der Waals surface area contributed by atoms with E-state index in [0.717, 1.165) is 10.7 Å². The van der Waals surface area contributed by atoms with Gasteiger partial charge in [0.15, 0.2) is 0 Å². The summed E-state index contributed by atoms with van der Waals surface area (Å²) in [5.41, 5.74) is 0. The van der Waals surface area contributed by atoms with Crippen molar-refractivity contribution in [3.63, 3.8) is 0 Å². The maximum Gasteiger partial charge on any atom is 0.307 e. The lowest BCUT2D eigenvalue weighted by atomic mass is 10.2. The minimum Gasteiger partial charge on any atom is -0.481 e. The highest BCUT2D eigenvalue weighted by Gasteiger charge is 2.28. The van der Waals surface area contributed by atoms with Crippen LogP contribution in [0.2, 0.25) is 0 Å². The maximum atomic E-state index is 11.9. The summed E-state index contributed by atoms with van der Waals surface area (Å²) in [6.07, 6.45) is 0.752. The molecule has 100 valence electrons. The van der Waals surface area contributed by atoms with Crippen LogP contribution in [-0.4, -0.2) is 56.4 Å². The van der Waals surface area contributed by atoms with E-state index in [1.165, 1.54) is 14.0 Å². The van der Waals surface area contributed by atoms with Gasteiger partial charge in [0.05, 0.1) is 18.3 Å². The molecule has 0 spiro atoms. The predicted octanol–water partition coefficient (Wildman–Crippen LogP) is 0.00520. The molecule has 0 aromatic rings. The first kappa shape index (κ1) is 14.4. The first-order valence-corrected chi connectivity index (χ1v) is 7.18. The van der Waals surface area contributed by atoms with E-state index in [1.807, 2.05) is 0 Å². The molecule has 0 aromatic heterocycles. The van der Waals surface area contributed by atoms with Crippen LogP contribution >= 0.6 is 0 Å². The molecule has 1 saturated heterocycles. The maximum absolute atomic E-state index is 11.9. The Bertz CT molecular complexity index is 361. The molecule has 1 aliphatic rings. The van der Waals surface area contributed by atoms with Crippen molar-refractivity contribution >= 4 is 16.0 Å². The van der Waals surface area contributed by atoms with Gasteiger partial charge in [0.1, 0.15) is 0 Å². The topological polar surface area (TPSA) is 83.9 Å². The van der Waals surface area contributed by atoms with Gasteiger partial charge in [-0.2, -0.15) is 0 Å². The van der Waals surface area contributed by atoms with Crippen molar-refractivity contribution in [3.8, 4) is 0 Å². The van der Waals surface area contributed by atoms with Crippen LogP contribution < -0.4 is 0 Å². The van der Waals surface area contributed by atoms with Gasteiger partial charge in [-0.1, -0.05) is 6.92 Å². The number of carboxylic acids is 1. The zero-order valence-electron chi connectivity index (χ0n) is 10.1. The lowest BCUT2D eigenvalue weighted by Gasteiger charge is -2.20. The molecule has 0 bridgehead atoms. The van der Waals surface area contributed by atoms with Crippen molar-refractivity contribution < 1.29 is 23.1 Å². The summed E-state index contributed by atoms with van der Waals surface area (Å²) in [5.74, 6) is -1.62. The molecule has 0 radical (unpaired) electrons. The average molecular weight is 265 g/mol. The Labute approximate surface area is 102 Å². The van der Waals surface area contributed by atoms with Gasteiger partial charge in [-0.3, -0.25) is 4.79 Å². The number of rotatable bonds is 6. The van der Waals surface area contributed by atoms with Crippen LogP contribution in [0.25, 0.3) is 0 Å². The van der Waals surface area contributed by atoms with Gasteiger partial charge in [-0.25, -0.2) is 12.7 Å². The summed E-state index contributed by atoms with van der Waals surface area (Å²) < 4.78 is 30.1. The number of nitrogens with zero attached hydrogens (tertiary/aromatic N) is 1. The molecule has 7 heteroatoms. The fourth-order valence-electron chi connectivity index (χ4n) is 1.72. The standard InChI is InChI=1S/C10H19NO5S/c1-8(10(12)13)5-11(2)17(14,15)7-9-3-4-16-6-9/h8-9H,3-7H2,1-2H3,(H,12,13). The number of sulfonamides is 1. The van der Waals surface area contributed by atoms with E-state index in [-0.39, 0.29) is 18.2 Å². The molecule has 2 unspecified atom stereocenters. The van der Waals surface area contributed by atoms with Gasteiger partial charge in [-0.05, 0) is 12.3 Å². The van der Waals surface area contributed by atoms with Crippen molar-refractivity contribution in [3.05, 3.63) is 0 Å². The third-order valence-electron chi connectivity index (χ3n) is 2.90. The van der Waals surface area contributed by atoms with E-state index in [9.17, 15) is 13.2 Å². The minimum absolute atomic E-state index is 0.00520. The Morgan fingerprint density at radius 3 is 2.71 bits per heavy atom. The van der Waals surface area contributed by atoms with E-state index in [2.05, 4.69) is 0 Å². The number of carbonyl (C=O) groups is 1. The lowest BCUT2D eigenvalue weighted by Crippen LogP contribution is -2.37. The molecule has 17 heavy (non-hydrogen) atoms. The fourth-order valence-corrected chi connectivity index (χ4v) is 3.28. The van der Waals surface area contributed by atoms with Crippen molar-refractivity contribution in [2.45, 2.75) is 13.3 Å². The summed E-state index contributed by atoms with van der Waals surface area (Å²) in [7, 11) is -1.96. The zero-order chi connectivity index (χ0) is 13.1. The van der Waals surface area contributed by atoms with Crippen molar-refractivity contribution in [1.82, 2.24) is 4.31 Å². The van der Waals surface area contributed by atoms with E-state index >= 15 is 0 Å². The van der Waals surface area contributed by atoms with E-state index < -0.39 is 21.9 Å². The Morgan fingerprint density at radius 1 is 1.59 bits per heavy atom. The van der Waals surface area contributed by atoms with E-state index in [1.54, 1.807) is 0 Å². The van der Waals surface area contributed by atoms with Crippen LogP contribution in [0.5, 0.6) is 0 Å². The molecule has 1 N–H and O–H groups in total. The largest absolute Gasteiger partial charge is 0.481 e. The lowest BCUT2D eigenvalue weighted by molar-refractivity contribution is -0.141. The Balaban J connectivity index is 2.53. The molecule has 0 aromatic carbocycles. The van der Waals surface area contributed by atoms with Crippen LogP contribution in [0.1, 0.15) is 13.3 Å². The molecule has 0 saturated carbocycles. The predicted molar refractivity (Wildman–Crippen MR) is 62.1 cm³/mol. The molecular formula is C10H19NO5S. The van der Waals surface area contributed by atoms with Crippen LogP contribution in [0.15, 0.2) is 0 Å². The van der Waals surface area contributed by atoms with E-state index in [0.29, 0.717) is 13.2 Å². The number of aliphatic carboxylic acids is 1. The summed E-state index contributed by atoms with van der Waals surface area (Å²) >= 11 is 0. The summed E-state index contributed by atoms with van der Waals surface area (Å²) in [6.45, 7) is 2.58. The summed E-state index contributed by atoms with van der Waals surface area (Å²) in [6, 6.07) is 0. The molecule has 1 heterocycles. The van der Waals surface area contributed by atoms with Gasteiger partial charge >= 0.3 is 5.97 Å². The number of hydrogen-bond acceptors (Lipinski definition) is 4. The van der Waals surface area contributed by atoms with Gasteiger partial charge in [0, 0.05) is 20.2 Å². The quantitative estimate of drug-likeness (QED) is 0.731. The normalized spacial score (nSPS) is 22.9. The average Bonchev–Trinajstić information content (AvgIpc) is 2.69. The van der Waals surface area contributed by atoms with Gasteiger partial charge < -0.3 is 9.84 Å². The monoisotopic (exact) mass is 265 g/mol. The van der Waals surface area contributed by atoms with Crippen LogP contribution in [0.4, 0.5) is 0 Å². The Kier molecular flexibility index (Phi) is 4.91. The first-order valence-electron chi connectivity index (χ1n) is 5.57. The molecule has 0 aliphatic carbocycles. The number of hydrogen-bond donors (Lipinski definition) is 1. The van der Waals surface area contributed by atoms with Gasteiger partial charge in [0.25, 0.3) is 0 Å². The SMILES string of the molecule is CC(CN(C)S(=O)(=O)CC1CCOC1)C(=O)O. The smallest absolute Gasteiger partial charge is 0.307 e. The van der Waals surface area contributed by atoms with Crippen molar-refractivity contribution in [1.29, 1.82) is 0 Å². The fraction of sp³-hybridized carbons (Fsp3) is 0.900. The molecule has 2 atom stereocenters. The summed E-state index contributed by atoms with van der Waals surface area (Å²) in [4.78, 5) is 10.7. The molecule has 1 rings (SSSR count). The highest BCUT2D eigenvalue weighted by atomic mass is 32.2. The van der Waals surface area contributed by atoms with E-state index in [4.69, 9.17) is 9.84 Å². The molecule has 0 amide bonds. The second-order valence-corrected chi connectivity index (χ2v) is 6.65. The number of ether oxygens (including phenoxy) is 1. The highest BCUT2D eigenvalue weighted by Crippen LogP contribution is 2.16. The Morgan fingerprint density at radius 2 is 2.24 bits per heavy atom. The van der Waals surface area contributed by atoms with Gasteiger partial charge in [-0.15, -0.1) is 0 Å². The van der Waals surface area contributed by atoms with Crippen LogP contribution in [0.3, 0.4) is 0 Å². The zero-order valence-corrected chi connectivity index (χ0v) is 10.9. The van der Waals surface area contributed by atoms with Crippen LogP contribution in [-0.2, 0) is 19.6 Å². The molecule has 6 nitrogen and oxygen atoms in total. The third-order valence-corrected chi connectivity index (χ3v) is 4.89.